The summed E-state index contributed by atoms with van der Waals surface area (Å²) in [5, 5.41) is 0.526. The van der Waals surface area contributed by atoms with Crippen LogP contribution in [0.4, 0.5) is 0 Å². The molecule has 0 fully saturated rings. The van der Waals surface area contributed by atoms with Gasteiger partial charge in [0, 0.05) is 6.54 Å². The molecule has 0 amide bonds. The predicted octanol–water partition coefficient (Wildman–Crippen LogP) is 3.96. The van der Waals surface area contributed by atoms with Gasteiger partial charge in [-0.15, -0.1) is 0 Å². The molecule has 0 aliphatic heterocycles. The first-order valence-corrected chi connectivity index (χ1v) is 7.85. The van der Waals surface area contributed by atoms with Gasteiger partial charge in [-0.05, 0) is 35.4 Å². The van der Waals surface area contributed by atoms with Crippen LogP contribution in [0.1, 0.15) is 32.4 Å². The molecule has 0 unspecified atom stereocenters. The number of imidazole rings is 1. The monoisotopic (exact) mass is 390 g/mol. The van der Waals surface area contributed by atoms with Crippen LogP contribution in [0.15, 0.2) is 12.5 Å². The van der Waals surface area contributed by atoms with Gasteiger partial charge in [-0.3, -0.25) is 0 Å². The molecule has 6 heteroatoms. The maximum Gasteiger partial charge on any atom is 0.179 e. The van der Waals surface area contributed by atoms with Gasteiger partial charge in [0.25, 0.3) is 0 Å². The van der Waals surface area contributed by atoms with E-state index < -0.39 is 0 Å². The van der Waals surface area contributed by atoms with Crippen LogP contribution in [0.3, 0.4) is 0 Å². The van der Waals surface area contributed by atoms with Crippen molar-refractivity contribution < 1.29 is 0 Å². The van der Waals surface area contributed by atoms with Crippen molar-refractivity contribution in [2.45, 2.75) is 39.7 Å². The molecule has 19 heavy (non-hydrogen) atoms. The molecule has 2 aromatic rings. The van der Waals surface area contributed by atoms with Gasteiger partial charge in [-0.25, -0.2) is 15.0 Å². The Morgan fingerprint density at radius 2 is 2.05 bits per heavy atom. The zero-order chi connectivity index (χ0) is 13.8. The lowest BCUT2D eigenvalue weighted by Gasteiger charge is -2.09. The Balaban J connectivity index is 2.47. The summed E-state index contributed by atoms with van der Waals surface area (Å²) in [5.41, 5.74) is 1.94. The van der Waals surface area contributed by atoms with Crippen LogP contribution < -0.4 is 0 Å². The quantitative estimate of drug-likeness (QED) is 0.573. The number of halogens is 2. The minimum absolute atomic E-state index is 0.526. The van der Waals surface area contributed by atoms with E-state index in [0.717, 1.165) is 40.8 Å². The average Bonchev–Trinajstić information content (AvgIpc) is 2.84. The first-order chi connectivity index (χ1) is 9.17. The van der Waals surface area contributed by atoms with Gasteiger partial charge in [0.05, 0.1) is 21.8 Å². The number of rotatable bonds is 5. The molecule has 0 atom stereocenters. The number of hydrogen-bond acceptors (Lipinski definition) is 3. The van der Waals surface area contributed by atoms with E-state index in [-0.39, 0.29) is 0 Å². The van der Waals surface area contributed by atoms with Crippen molar-refractivity contribution >= 4 is 34.2 Å². The highest BCUT2D eigenvalue weighted by atomic mass is 127. The number of aryl methyl sites for hydroxylation is 2. The van der Waals surface area contributed by atoms with E-state index in [4.69, 9.17) is 11.6 Å². The summed E-state index contributed by atoms with van der Waals surface area (Å²) in [6.07, 6.45) is 6.60. The van der Waals surface area contributed by atoms with E-state index in [1.165, 1.54) is 0 Å². The normalized spacial score (nSPS) is 10.9. The lowest BCUT2D eigenvalue weighted by Crippen LogP contribution is -2.04. The van der Waals surface area contributed by atoms with E-state index in [2.05, 4.69) is 56.0 Å². The molecule has 0 aliphatic carbocycles. The SMILES string of the molecule is CCCc1nc(-c2cncn2CCC)nc(Cl)c1I. The molecule has 0 radical (unpaired) electrons. The minimum Gasteiger partial charge on any atom is -0.328 e. The molecule has 2 rings (SSSR count). The molecule has 0 bridgehead atoms. The van der Waals surface area contributed by atoms with Crippen LogP contribution in [-0.2, 0) is 13.0 Å². The topological polar surface area (TPSA) is 43.6 Å². The molecule has 0 saturated heterocycles. The number of aromatic nitrogens is 4. The van der Waals surface area contributed by atoms with Crippen molar-refractivity contribution in [1.29, 1.82) is 0 Å². The lowest BCUT2D eigenvalue weighted by atomic mass is 10.2. The predicted molar refractivity (Wildman–Crippen MR) is 85.3 cm³/mol. The van der Waals surface area contributed by atoms with Gasteiger partial charge in [0.1, 0.15) is 10.8 Å². The molecule has 2 aromatic heterocycles. The molecular formula is C13H16ClIN4. The van der Waals surface area contributed by atoms with Crippen LogP contribution in [0.5, 0.6) is 0 Å². The van der Waals surface area contributed by atoms with Crippen molar-refractivity contribution in [3.05, 3.63) is 26.9 Å². The first-order valence-electron chi connectivity index (χ1n) is 6.39. The second-order valence-electron chi connectivity index (χ2n) is 4.32. The summed E-state index contributed by atoms with van der Waals surface area (Å²) < 4.78 is 3.01. The standard InChI is InChI=1S/C13H16ClIN4/c1-3-5-9-11(15)12(14)18-13(17-9)10-7-16-8-19(10)6-4-2/h7-8H,3-6H2,1-2H3. The van der Waals surface area contributed by atoms with Crippen molar-refractivity contribution in [2.75, 3.05) is 0 Å². The Morgan fingerprint density at radius 3 is 2.74 bits per heavy atom. The third-order valence-corrected chi connectivity index (χ3v) is 4.50. The van der Waals surface area contributed by atoms with Crippen LogP contribution in [-0.4, -0.2) is 19.5 Å². The van der Waals surface area contributed by atoms with Crippen LogP contribution in [0, 0.1) is 3.57 Å². The van der Waals surface area contributed by atoms with E-state index in [0.29, 0.717) is 11.0 Å². The van der Waals surface area contributed by atoms with Gasteiger partial charge >= 0.3 is 0 Å². The summed E-state index contributed by atoms with van der Waals surface area (Å²) in [6, 6.07) is 0. The molecule has 2 heterocycles. The van der Waals surface area contributed by atoms with Crippen LogP contribution in [0.2, 0.25) is 5.15 Å². The second kappa shape index (κ2) is 6.65. The third-order valence-electron chi connectivity index (χ3n) is 2.77. The lowest BCUT2D eigenvalue weighted by molar-refractivity contribution is 0.680. The van der Waals surface area contributed by atoms with E-state index >= 15 is 0 Å². The second-order valence-corrected chi connectivity index (χ2v) is 5.76. The smallest absolute Gasteiger partial charge is 0.179 e. The van der Waals surface area contributed by atoms with Crippen molar-refractivity contribution in [3.63, 3.8) is 0 Å². The zero-order valence-electron chi connectivity index (χ0n) is 11.0. The fourth-order valence-electron chi connectivity index (χ4n) is 1.91. The summed E-state index contributed by atoms with van der Waals surface area (Å²) in [7, 11) is 0. The highest BCUT2D eigenvalue weighted by molar-refractivity contribution is 14.1. The number of nitrogens with zero attached hydrogens (tertiary/aromatic N) is 4. The average molecular weight is 391 g/mol. The number of hydrogen-bond donors (Lipinski definition) is 0. The Kier molecular flexibility index (Phi) is 5.15. The molecule has 4 nitrogen and oxygen atoms in total. The Morgan fingerprint density at radius 1 is 1.26 bits per heavy atom. The van der Waals surface area contributed by atoms with Gasteiger partial charge in [-0.1, -0.05) is 31.9 Å². The molecule has 102 valence electrons. The van der Waals surface area contributed by atoms with Crippen LogP contribution in [0.25, 0.3) is 11.5 Å². The molecule has 0 aliphatic rings. The van der Waals surface area contributed by atoms with E-state index in [9.17, 15) is 0 Å². The molecule has 0 aromatic carbocycles. The molecule has 0 saturated carbocycles. The van der Waals surface area contributed by atoms with Crippen molar-refractivity contribution in [2.24, 2.45) is 0 Å². The Hall–Kier alpha value is -0.690. The fraction of sp³-hybridized carbons (Fsp3) is 0.462. The Labute approximate surface area is 131 Å². The molecular weight excluding hydrogens is 375 g/mol. The Bertz CT molecular complexity index is 568. The minimum atomic E-state index is 0.526. The maximum absolute atomic E-state index is 6.21. The zero-order valence-corrected chi connectivity index (χ0v) is 13.9. The fourth-order valence-corrected chi connectivity index (χ4v) is 2.61. The highest BCUT2D eigenvalue weighted by Crippen LogP contribution is 2.24. The summed E-state index contributed by atoms with van der Waals surface area (Å²) in [5.74, 6) is 0.666. The third kappa shape index (κ3) is 3.25. The molecule has 0 spiro atoms. The summed E-state index contributed by atoms with van der Waals surface area (Å²) >= 11 is 8.42. The molecule has 0 N–H and O–H groups in total. The van der Waals surface area contributed by atoms with Gasteiger partial charge in [-0.2, -0.15) is 0 Å². The largest absolute Gasteiger partial charge is 0.328 e. The van der Waals surface area contributed by atoms with Gasteiger partial charge in [0.2, 0.25) is 0 Å². The highest BCUT2D eigenvalue weighted by Gasteiger charge is 2.14. The summed E-state index contributed by atoms with van der Waals surface area (Å²) in [6.45, 7) is 5.17. The van der Waals surface area contributed by atoms with E-state index in [1.807, 2.05) is 6.33 Å². The van der Waals surface area contributed by atoms with Crippen molar-refractivity contribution in [3.8, 4) is 11.5 Å². The van der Waals surface area contributed by atoms with Crippen molar-refractivity contribution in [1.82, 2.24) is 19.5 Å². The maximum atomic E-state index is 6.21. The summed E-state index contributed by atoms with van der Waals surface area (Å²) in [4.78, 5) is 13.2. The van der Waals surface area contributed by atoms with Crippen LogP contribution >= 0.6 is 34.2 Å². The van der Waals surface area contributed by atoms with E-state index in [1.54, 1.807) is 6.20 Å². The van der Waals surface area contributed by atoms with Gasteiger partial charge in [0.15, 0.2) is 5.82 Å². The van der Waals surface area contributed by atoms with Gasteiger partial charge < -0.3 is 4.57 Å². The first kappa shape index (κ1) is 14.7.